The van der Waals surface area contributed by atoms with Gasteiger partial charge in [0.25, 0.3) is 6.71 Å². The second-order valence-corrected chi connectivity index (χ2v) is 16.6. The summed E-state index contributed by atoms with van der Waals surface area (Å²) in [6, 6.07) is 49.0. The Morgan fingerprint density at radius 2 is 1.25 bits per heavy atom. The number of hydrogen-bond acceptors (Lipinski definition) is 4. The molecule has 0 spiro atoms. The molecule has 0 atom stereocenters. The topological polar surface area (TPSA) is 37.7 Å². The quantitative estimate of drug-likeness (QED) is 0.159. The van der Waals surface area contributed by atoms with Crippen LogP contribution in [-0.2, 0) is 5.41 Å². The number of furan rings is 2. The predicted octanol–water partition coefficient (Wildman–Crippen LogP) is 11.4. The average molecular weight is 708 g/mol. The third-order valence-electron chi connectivity index (χ3n) is 12.4. The van der Waals surface area contributed by atoms with Crippen molar-refractivity contribution in [3.8, 4) is 5.69 Å². The third kappa shape index (κ3) is 3.65. The zero-order valence-electron chi connectivity index (χ0n) is 30.9. The van der Waals surface area contributed by atoms with Crippen LogP contribution in [0, 0.1) is 6.92 Å². The predicted molar refractivity (Wildman–Crippen MR) is 229 cm³/mol. The van der Waals surface area contributed by atoms with Gasteiger partial charge in [-0.25, -0.2) is 0 Å². The molecule has 10 aromatic rings. The first-order valence-corrected chi connectivity index (χ1v) is 19.2. The van der Waals surface area contributed by atoms with Crippen molar-refractivity contribution in [1.82, 2.24) is 4.57 Å². The average Bonchev–Trinajstić information content (AvgIpc) is 3.87. The Hall–Kier alpha value is -6.66. The van der Waals surface area contributed by atoms with E-state index in [1.165, 1.54) is 72.3 Å². The number of para-hydroxylation sites is 4. The molecule has 0 bridgehead atoms. The van der Waals surface area contributed by atoms with E-state index >= 15 is 0 Å². The Bertz CT molecular complexity index is 3360. The van der Waals surface area contributed by atoms with E-state index in [0.29, 0.717) is 0 Å². The van der Waals surface area contributed by atoms with E-state index in [1.807, 2.05) is 6.07 Å². The van der Waals surface area contributed by atoms with Crippen molar-refractivity contribution in [1.29, 1.82) is 0 Å². The Kier molecular flexibility index (Phi) is 5.36. The molecule has 0 fully saturated rings. The summed E-state index contributed by atoms with van der Waals surface area (Å²) in [7, 11) is 0. The van der Waals surface area contributed by atoms with Gasteiger partial charge in [-0.1, -0.05) is 87.5 Å². The van der Waals surface area contributed by atoms with E-state index in [1.54, 1.807) is 0 Å². The van der Waals surface area contributed by atoms with Crippen LogP contribution in [0.1, 0.15) is 31.9 Å². The molecular formula is C49H34BN3O2. The maximum Gasteiger partial charge on any atom is 0.297 e. The van der Waals surface area contributed by atoms with Crippen LogP contribution in [0.25, 0.3) is 60.4 Å². The molecule has 0 N–H and O–H groups in total. The normalized spacial score (nSPS) is 14.1. The second-order valence-electron chi connectivity index (χ2n) is 16.6. The smallest absolute Gasteiger partial charge is 0.297 e. The lowest BCUT2D eigenvalue weighted by Gasteiger charge is -2.44. The maximum atomic E-state index is 7.20. The van der Waals surface area contributed by atoms with Gasteiger partial charge in [-0.2, -0.15) is 0 Å². The number of rotatable bonds is 1. The van der Waals surface area contributed by atoms with Crippen LogP contribution in [0.2, 0.25) is 0 Å². The number of hydrogen-bond donors (Lipinski definition) is 0. The number of nitrogens with zero attached hydrogens (tertiary/aromatic N) is 3. The van der Waals surface area contributed by atoms with Gasteiger partial charge in [-0.3, -0.25) is 0 Å². The molecule has 55 heavy (non-hydrogen) atoms. The molecule has 3 aliphatic rings. The van der Waals surface area contributed by atoms with E-state index in [0.717, 1.165) is 49.9 Å². The van der Waals surface area contributed by atoms with Crippen molar-refractivity contribution in [2.24, 2.45) is 0 Å². The lowest BCUT2D eigenvalue weighted by Crippen LogP contribution is -2.61. The fourth-order valence-corrected chi connectivity index (χ4v) is 10.1. The van der Waals surface area contributed by atoms with Crippen LogP contribution in [0.4, 0.5) is 34.1 Å². The summed E-state index contributed by atoms with van der Waals surface area (Å²) in [5.74, 6) is 0. The molecule has 260 valence electrons. The molecule has 3 aromatic heterocycles. The van der Waals surface area contributed by atoms with Gasteiger partial charge in [-0.15, -0.1) is 0 Å². The first-order valence-electron chi connectivity index (χ1n) is 19.2. The van der Waals surface area contributed by atoms with Crippen molar-refractivity contribution in [2.45, 2.75) is 33.1 Å². The Morgan fingerprint density at radius 3 is 2.13 bits per heavy atom. The highest BCUT2D eigenvalue weighted by Gasteiger charge is 2.49. The molecule has 7 aromatic carbocycles. The Labute approximate surface area is 317 Å². The van der Waals surface area contributed by atoms with Gasteiger partial charge < -0.3 is 23.2 Å². The number of benzene rings is 7. The zero-order chi connectivity index (χ0) is 36.5. The number of anilines is 6. The van der Waals surface area contributed by atoms with Crippen molar-refractivity contribution < 1.29 is 8.83 Å². The first-order chi connectivity index (χ1) is 26.8. The second kappa shape index (κ2) is 9.90. The van der Waals surface area contributed by atoms with Crippen molar-refractivity contribution >= 4 is 112 Å². The molecule has 5 nitrogen and oxygen atoms in total. The fraction of sp³-hybridized carbons (Fsp3) is 0.102. The minimum atomic E-state index is -0.119. The summed E-state index contributed by atoms with van der Waals surface area (Å²) >= 11 is 0. The molecule has 0 saturated carbocycles. The Morgan fingerprint density at radius 1 is 0.527 bits per heavy atom. The molecule has 13 rings (SSSR count). The van der Waals surface area contributed by atoms with E-state index < -0.39 is 0 Å². The van der Waals surface area contributed by atoms with Crippen LogP contribution in [-0.4, -0.2) is 11.3 Å². The van der Waals surface area contributed by atoms with Gasteiger partial charge in [-0.05, 0) is 95.1 Å². The summed E-state index contributed by atoms with van der Waals surface area (Å²) in [6.45, 7) is 8.96. The third-order valence-corrected chi connectivity index (χ3v) is 12.4. The molecule has 0 amide bonds. The fourth-order valence-electron chi connectivity index (χ4n) is 10.1. The van der Waals surface area contributed by atoms with E-state index in [9.17, 15) is 0 Å². The molecule has 0 aliphatic carbocycles. The minimum Gasteiger partial charge on any atom is -0.468 e. The molecule has 6 heterocycles. The van der Waals surface area contributed by atoms with Crippen LogP contribution in [0.3, 0.4) is 0 Å². The van der Waals surface area contributed by atoms with Gasteiger partial charge in [0.2, 0.25) is 0 Å². The summed E-state index contributed by atoms with van der Waals surface area (Å²) in [5, 5.41) is 5.90. The summed E-state index contributed by atoms with van der Waals surface area (Å²) in [6.07, 6.45) is 0. The van der Waals surface area contributed by atoms with Gasteiger partial charge in [0.1, 0.15) is 16.7 Å². The van der Waals surface area contributed by atoms with Crippen molar-refractivity contribution in [3.63, 3.8) is 0 Å². The maximum absolute atomic E-state index is 7.20. The van der Waals surface area contributed by atoms with Crippen molar-refractivity contribution in [3.05, 3.63) is 145 Å². The van der Waals surface area contributed by atoms with Crippen molar-refractivity contribution in [2.75, 3.05) is 9.80 Å². The van der Waals surface area contributed by atoms with Crippen LogP contribution in [0.15, 0.2) is 142 Å². The van der Waals surface area contributed by atoms with Crippen LogP contribution >= 0.6 is 0 Å². The van der Waals surface area contributed by atoms with Gasteiger partial charge in [0.05, 0.1) is 39.4 Å². The highest BCUT2D eigenvalue weighted by molar-refractivity contribution is 7.00. The zero-order valence-corrected chi connectivity index (χ0v) is 30.9. The standard InChI is InChI=1S/C49H34BN3O2/c1-27-23-39-44-40(24-27)53-37-16-9-13-33-30-11-5-7-15-36(30)52(45(33)37)38-17-10-14-35(47(38)53)50(44)48-46(34-25-28(49(2,3)4)19-22-42(34)55-48)51(39)29-20-21-32-31-12-6-8-18-41(31)54-43(32)26-29/h5-26H,1-4H3. The van der Waals surface area contributed by atoms with E-state index in [4.69, 9.17) is 8.83 Å². The molecule has 0 saturated heterocycles. The molecule has 3 aliphatic heterocycles. The minimum absolute atomic E-state index is 0.0329. The summed E-state index contributed by atoms with van der Waals surface area (Å²) < 4.78 is 16.2. The van der Waals surface area contributed by atoms with Gasteiger partial charge in [0, 0.05) is 50.1 Å². The molecule has 0 radical (unpaired) electrons. The number of aromatic nitrogens is 1. The lowest BCUT2D eigenvalue weighted by molar-refractivity contribution is 0.590. The van der Waals surface area contributed by atoms with Crippen LogP contribution in [0.5, 0.6) is 0 Å². The van der Waals surface area contributed by atoms with E-state index in [2.05, 4.69) is 169 Å². The number of fused-ring (bicyclic) bond motifs is 14. The molecule has 6 heteroatoms. The summed E-state index contributed by atoms with van der Waals surface area (Å²) in [4.78, 5) is 5.00. The first kappa shape index (κ1) is 29.8. The highest BCUT2D eigenvalue weighted by atomic mass is 16.3. The number of aryl methyl sites for hydroxylation is 1. The summed E-state index contributed by atoms with van der Waals surface area (Å²) in [5.41, 5.74) is 19.2. The largest absolute Gasteiger partial charge is 0.468 e. The highest BCUT2D eigenvalue weighted by Crippen LogP contribution is 2.53. The van der Waals surface area contributed by atoms with Gasteiger partial charge >= 0.3 is 0 Å². The monoisotopic (exact) mass is 707 g/mol. The van der Waals surface area contributed by atoms with Gasteiger partial charge in [0.15, 0.2) is 0 Å². The SMILES string of the molecule is Cc1cc2c3c(c1)N1c4c(cccc4-n4c5ccccc5c5cccc1c54)B3c1oc3ccc(C(C)(C)C)cc3c1N2c1ccc2c(c1)oc1ccccc12. The Balaban J connectivity index is 1.17. The molecule has 0 unspecified atom stereocenters. The van der Waals surface area contributed by atoms with E-state index in [-0.39, 0.29) is 12.1 Å². The molecular weight excluding hydrogens is 673 g/mol. The van der Waals surface area contributed by atoms with Crippen LogP contribution < -0.4 is 26.4 Å². The lowest BCUT2D eigenvalue weighted by atomic mass is 9.35.